The number of rotatable bonds is 14. The molecule has 46 heavy (non-hydrogen) atoms. The van der Waals surface area contributed by atoms with Gasteiger partial charge >= 0.3 is 26.9 Å². The van der Waals surface area contributed by atoms with E-state index < -0.39 is 68.6 Å². The minimum atomic E-state index is -4.76. The third-order valence-electron chi connectivity index (χ3n) is 6.54. The Morgan fingerprint density at radius 1 is 1.09 bits per heavy atom. The summed E-state index contributed by atoms with van der Waals surface area (Å²) in [5.41, 5.74) is -0.0129. The maximum absolute atomic E-state index is 12.8. The van der Waals surface area contributed by atoms with Gasteiger partial charge in [0, 0.05) is 37.2 Å². The molecule has 0 aliphatic carbocycles. The minimum Gasteiger partial charge on any atom is -0.460 e. The number of esters is 1. The van der Waals surface area contributed by atoms with E-state index in [2.05, 4.69) is 10.3 Å². The SMILES string of the molecule is CC(=O)O[C@H]1C[C@H](n2ccc(NC(=O)c3ccccc3)nc2=O)O[C@@H]1COP(=O)(O)CP(=O)(O)OCCc1ccc([N+](=O)[O-])cc1. The Bertz CT molecular complexity index is 1720. The lowest BCUT2D eigenvalue weighted by Gasteiger charge is -2.21. The van der Waals surface area contributed by atoms with Gasteiger partial charge < -0.3 is 33.6 Å². The molecular weight excluding hydrogens is 650 g/mol. The van der Waals surface area contributed by atoms with Crippen molar-refractivity contribution in [3.63, 3.8) is 0 Å². The summed E-state index contributed by atoms with van der Waals surface area (Å²) in [6.45, 7) is 0.152. The zero-order valence-corrected chi connectivity index (χ0v) is 26.0. The summed E-state index contributed by atoms with van der Waals surface area (Å²) in [7, 11) is -9.39. The van der Waals surface area contributed by atoms with Crippen LogP contribution in [0.1, 0.15) is 35.5 Å². The second-order valence-electron chi connectivity index (χ2n) is 10.1. The fourth-order valence-corrected chi connectivity index (χ4v) is 7.64. The maximum atomic E-state index is 12.8. The Morgan fingerprint density at radius 2 is 1.76 bits per heavy atom. The highest BCUT2D eigenvalue weighted by Gasteiger charge is 2.42. The molecule has 3 N–H and O–H groups in total. The summed E-state index contributed by atoms with van der Waals surface area (Å²) >= 11 is 0. The molecule has 1 aliphatic rings. The van der Waals surface area contributed by atoms with Crippen molar-refractivity contribution in [3.8, 4) is 0 Å². The number of hydrogen-bond donors (Lipinski definition) is 3. The lowest BCUT2D eigenvalue weighted by molar-refractivity contribution is -0.384. The van der Waals surface area contributed by atoms with Crippen molar-refractivity contribution < 1.29 is 52.0 Å². The highest BCUT2D eigenvalue weighted by molar-refractivity contribution is 7.70. The van der Waals surface area contributed by atoms with Gasteiger partial charge in [-0.05, 0) is 30.2 Å². The van der Waals surface area contributed by atoms with E-state index in [1.165, 1.54) is 36.5 Å². The van der Waals surface area contributed by atoms with Crippen LogP contribution in [-0.4, -0.2) is 67.5 Å². The van der Waals surface area contributed by atoms with E-state index >= 15 is 0 Å². The molecule has 2 aromatic carbocycles. The largest absolute Gasteiger partial charge is 0.460 e. The predicted molar refractivity (Wildman–Crippen MR) is 160 cm³/mol. The molecule has 0 spiro atoms. The van der Waals surface area contributed by atoms with Gasteiger partial charge in [0.1, 0.15) is 24.3 Å². The summed E-state index contributed by atoms with van der Waals surface area (Å²) in [6.07, 6.45) is -1.88. The fourth-order valence-electron chi connectivity index (χ4n) is 4.43. The van der Waals surface area contributed by atoms with Gasteiger partial charge in [-0.1, -0.05) is 30.3 Å². The highest BCUT2D eigenvalue weighted by atomic mass is 31.2. The molecule has 246 valence electrons. The number of nitro benzene ring substituents is 1. The van der Waals surface area contributed by atoms with Crippen molar-refractivity contribution in [2.75, 3.05) is 24.4 Å². The molecule has 2 unspecified atom stereocenters. The Hall–Kier alpha value is -4.08. The lowest BCUT2D eigenvalue weighted by atomic mass is 10.1. The number of aromatic nitrogens is 2. The van der Waals surface area contributed by atoms with Gasteiger partial charge in [0.05, 0.1) is 18.1 Å². The molecule has 1 saturated heterocycles. The van der Waals surface area contributed by atoms with E-state index in [1.54, 1.807) is 30.3 Å². The van der Waals surface area contributed by atoms with Crippen molar-refractivity contribution >= 4 is 38.6 Å². The monoisotopic (exact) mass is 680 g/mol. The molecule has 0 radical (unpaired) electrons. The van der Waals surface area contributed by atoms with Crippen molar-refractivity contribution in [1.82, 2.24) is 9.55 Å². The van der Waals surface area contributed by atoms with Gasteiger partial charge in [-0.15, -0.1) is 0 Å². The van der Waals surface area contributed by atoms with E-state index in [9.17, 15) is 43.4 Å². The lowest BCUT2D eigenvalue weighted by Crippen LogP contribution is -2.30. The zero-order chi connectivity index (χ0) is 33.5. The molecule has 3 aromatic rings. The Balaban J connectivity index is 1.33. The average molecular weight is 681 g/mol. The van der Waals surface area contributed by atoms with Crippen LogP contribution in [0.5, 0.6) is 0 Å². The minimum absolute atomic E-state index is 0.0193. The van der Waals surface area contributed by atoms with Gasteiger partial charge in [-0.3, -0.25) is 33.4 Å². The number of amides is 1. The summed E-state index contributed by atoms with van der Waals surface area (Å²) in [5.74, 6) is -2.45. The first-order chi connectivity index (χ1) is 21.7. The third kappa shape index (κ3) is 9.96. The Morgan fingerprint density at radius 3 is 2.39 bits per heavy atom. The number of nitrogens with zero attached hydrogens (tertiary/aromatic N) is 3. The van der Waals surface area contributed by atoms with Crippen LogP contribution in [0.4, 0.5) is 11.5 Å². The summed E-state index contributed by atoms with van der Waals surface area (Å²) < 4.78 is 47.3. The summed E-state index contributed by atoms with van der Waals surface area (Å²) in [5, 5.41) is 13.3. The Kier molecular flexibility index (Phi) is 11.3. The van der Waals surface area contributed by atoms with Crippen LogP contribution in [0.25, 0.3) is 0 Å². The van der Waals surface area contributed by atoms with Gasteiger partial charge in [-0.25, -0.2) is 4.79 Å². The molecular formula is C27H30N4O13P2. The quantitative estimate of drug-likeness (QED) is 0.0960. The van der Waals surface area contributed by atoms with Crippen molar-refractivity contribution in [3.05, 3.63) is 98.6 Å². The number of nitrogens with one attached hydrogen (secondary N) is 1. The molecule has 1 aromatic heterocycles. The summed E-state index contributed by atoms with van der Waals surface area (Å²) in [4.78, 5) is 71.3. The van der Waals surface area contributed by atoms with Crippen LogP contribution in [-0.2, 0) is 38.9 Å². The molecule has 5 atom stereocenters. The van der Waals surface area contributed by atoms with Crippen molar-refractivity contribution in [2.45, 2.75) is 38.2 Å². The topological polar surface area (TPSA) is 236 Å². The molecule has 4 rings (SSSR count). The molecule has 2 heterocycles. The molecule has 0 saturated carbocycles. The first kappa shape index (κ1) is 34.8. The molecule has 1 amide bonds. The van der Waals surface area contributed by atoms with Crippen LogP contribution in [0, 0.1) is 10.1 Å². The standard InChI is InChI=1S/C27H30N4O13P2/c1-18(32)43-22-15-25(30-13-11-24(29-27(30)34)28-26(33)20-5-3-2-4-6-20)44-23(22)16-42-46(39,40)17-45(37,38)41-14-12-19-7-9-21(10-8-19)31(35)36/h2-11,13,22-23,25H,12,14-17H2,1H3,(H,37,38)(H,39,40)(H,28,29,33,34)/t22-,23+,25+/m0/s1. The van der Waals surface area contributed by atoms with Crippen LogP contribution < -0.4 is 11.0 Å². The number of nitro groups is 1. The number of carbonyl (C=O) groups is 2. The van der Waals surface area contributed by atoms with E-state index in [1.807, 2.05) is 0 Å². The van der Waals surface area contributed by atoms with E-state index in [0.29, 0.717) is 11.1 Å². The van der Waals surface area contributed by atoms with Gasteiger partial charge in [0.2, 0.25) is 0 Å². The number of ether oxygens (including phenoxy) is 2. The molecule has 1 aliphatic heterocycles. The van der Waals surface area contributed by atoms with Gasteiger partial charge in [-0.2, -0.15) is 4.98 Å². The molecule has 0 bridgehead atoms. The predicted octanol–water partition coefficient (Wildman–Crippen LogP) is 3.23. The van der Waals surface area contributed by atoms with Gasteiger partial charge in [0.15, 0.2) is 5.90 Å². The smallest absolute Gasteiger partial charge is 0.351 e. The maximum Gasteiger partial charge on any atom is 0.351 e. The Labute approximate surface area is 261 Å². The molecule has 19 heteroatoms. The van der Waals surface area contributed by atoms with Crippen molar-refractivity contribution in [1.29, 1.82) is 0 Å². The second-order valence-corrected chi connectivity index (χ2v) is 14.3. The van der Waals surface area contributed by atoms with Crippen LogP contribution in [0.15, 0.2) is 71.7 Å². The fraction of sp³-hybridized carbons (Fsp3) is 0.333. The zero-order valence-electron chi connectivity index (χ0n) is 24.2. The summed E-state index contributed by atoms with van der Waals surface area (Å²) in [6, 6.07) is 15.0. The average Bonchev–Trinajstić information content (AvgIpc) is 3.37. The number of non-ortho nitro benzene ring substituents is 1. The number of carbonyl (C=O) groups excluding carboxylic acids is 2. The van der Waals surface area contributed by atoms with Crippen molar-refractivity contribution in [2.24, 2.45) is 0 Å². The number of hydrogen-bond acceptors (Lipinski definition) is 12. The molecule has 1 fully saturated rings. The van der Waals surface area contributed by atoms with E-state index in [-0.39, 0.29) is 31.0 Å². The second kappa shape index (κ2) is 15.0. The highest BCUT2D eigenvalue weighted by Crippen LogP contribution is 2.58. The molecule has 17 nitrogen and oxygen atoms in total. The first-order valence-corrected chi connectivity index (χ1v) is 17.2. The number of benzene rings is 2. The number of anilines is 1. The normalized spacial score (nSPS) is 20.3. The third-order valence-corrected chi connectivity index (χ3v) is 10.5. The van der Waals surface area contributed by atoms with E-state index in [4.69, 9.17) is 18.5 Å². The van der Waals surface area contributed by atoms with Crippen LogP contribution in [0.3, 0.4) is 0 Å². The first-order valence-electron chi connectivity index (χ1n) is 13.7. The van der Waals surface area contributed by atoms with Gasteiger partial charge in [0.25, 0.3) is 11.6 Å². The van der Waals surface area contributed by atoms with E-state index in [0.717, 1.165) is 11.5 Å². The van der Waals surface area contributed by atoms with Crippen LogP contribution >= 0.6 is 15.2 Å². The van der Waals surface area contributed by atoms with Crippen LogP contribution in [0.2, 0.25) is 0 Å².